The Morgan fingerprint density at radius 1 is 1.10 bits per heavy atom. The van der Waals surface area contributed by atoms with Crippen LogP contribution in [0.4, 0.5) is 8.78 Å². The van der Waals surface area contributed by atoms with Crippen molar-refractivity contribution in [1.82, 2.24) is 4.90 Å². The molecule has 2 rings (SSSR count). The first-order chi connectivity index (χ1) is 9.27. The maximum absolute atomic E-state index is 14.1. The standard InChI is InChI=1S/C16H23F2NO/c1-16(2,3)15-13(17)9-12(10-14(15)18)20-11-5-7-19(4)8-6-11/h9-11H,5-8H2,1-4H3. The Kier molecular flexibility index (Phi) is 4.33. The molecule has 0 spiro atoms. The van der Waals surface area contributed by atoms with Crippen molar-refractivity contribution in [1.29, 1.82) is 0 Å². The van der Waals surface area contributed by atoms with Crippen LogP contribution in [0.2, 0.25) is 0 Å². The molecule has 20 heavy (non-hydrogen) atoms. The van der Waals surface area contributed by atoms with Crippen molar-refractivity contribution in [3.05, 3.63) is 29.3 Å². The minimum absolute atomic E-state index is 0.0467. The SMILES string of the molecule is CN1CCC(Oc2cc(F)c(C(C)(C)C)c(F)c2)CC1. The van der Waals surface area contributed by atoms with Gasteiger partial charge in [-0.2, -0.15) is 0 Å². The smallest absolute Gasteiger partial charge is 0.133 e. The second-order valence-corrected chi connectivity index (χ2v) is 6.63. The predicted octanol–water partition coefficient (Wildman–Crippen LogP) is 3.74. The van der Waals surface area contributed by atoms with Gasteiger partial charge in [-0.25, -0.2) is 8.78 Å². The molecule has 0 amide bonds. The van der Waals surface area contributed by atoms with Crippen molar-refractivity contribution in [2.75, 3.05) is 20.1 Å². The van der Waals surface area contributed by atoms with Gasteiger partial charge in [0.2, 0.25) is 0 Å². The molecule has 0 atom stereocenters. The molecule has 0 N–H and O–H groups in total. The van der Waals surface area contributed by atoms with E-state index in [1.54, 1.807) is 20.8 Å². The molecule has 1 heterocycles. The van der Waals surface area contributed by atoms with Gasteiger partial charge >= 0.3 is 0 Å². The average molecular weight is 283 g/mol. The molecular weight excluding hydrogens is 260 g/mol. The summed E-state index contributed by atoms with van der Waals surface area (Å²) >= 11 is 0. The largest absolute Gasteiger partial charge is 0.490 e. The van der Waals surface area contributed by atoms with Crippen molar-refractivity contribution in [3.63, 3.8) is 0 Å². The number of hydrogen-bond donors (Lipinski definition) is 0. The first-order valence-corrected chi connectivity index (χ1v) is 7.12. The summed E-state index contributed by atoms with van der Waals surface area (Å²) in [7, 11) is 2.06. The van der Waals surface area contributed by atoms with Crippen molar-refractivity contribution in [2.45, 2.75) is 45.1 Å². The normalized spacial score (nSPS) is 18.3. The van der Waals surface area contributed by atoms with Crippen LogP contribution in [0.15, 0.2) is 12.1 Å². The molecule has 1 fully saturated rings. The Hall–Kier alpha value is -1.16. The topological polar surface area (TPSA) is 12.5 Å². The van der Waals surface area contributed by atoms with E-state index in [9.17, 15) is 8.78 Å². The number of likely N-dealkylation sites (tertiary alicyclic amines) is 1. The van der Waals surface area contributed by atoms with Crippen molar-refractivity contribution >= 4 is 0 Å². The van der Waals surface area contributed by atoms with Crippen LogP contribution < -0.4 is 4.74 Å². The van der Waals surface area contributed by atoms with E-state index in [2.05, 4.69) is 11.9 Å². The van der Waals surface area contributed by atoms with Gasteiger partial charge in [0.15, 0.2) is 0 Å². The zero-order valence-electron chi connectivity index (χ0n) is 12.7. The van der Waals surface area contributed by atoms with E-state index >= 15 is 0 Å². The van der Waals surface area contributed by atoms with E-state index in [1.807, 2.05) is 0 Å². The fraction of sp³-hybridized carbons (Fsp3) is 0.625. The highest BCUT2D eigenvalue weighted by atomic mass is 19.1. The van der Waals surface area contributed by atoms with E-state index in [-0.39, 0.29) is 11.7 Å². The summed E-state index contributed by atoms with van der Waals surface area (Å²) in [6, 6.07) is 2.62. The molecule has 0 aromatic heterocycles. The van der Waals surface area contributed by atoms with Gasteiger partial charge in [-0.05, 0) is 25.3 Å². The first-order valence-electron chi connectivity index (χ1n) is 7.12. The minimum atomic E-state index is -0.555. The highest BCUT2D eigenvalue weighted by Gasteiger charge is 2.25. The van der Waals surface area contributed by atoms with Crippen LogP contribution in [0, 0.1) is 11.6 Å². The predicted molar refractivity (Wildman–Crippen MR) is 76.2 cm³/mol. The van der Waals surface area contributed by atoms with Gasteiger partial charge < -0.3 is 9.64 Å². The number of nitrogens with zero attached hydrogens (tertiary/aromatic N) is 1. The molecule has 1 aliphatic rings. The third-order valence-electron chi connectivity index (χ3n) is 3.73. The van der Waals surface area contributed by atoms with Crippen LogP contribution >= 0.6 is 0 Å². The van der Waals surface area contributed by atoms with Crippen LogP contribution in [0.3, 0.4) is 0 Å². The highest BCUT2D eigenvalue weighted by molar-refractivity contribution is 5.34. The van der Waals surface area contributed by atoms with E-state index in [1.165, 1.54) is 12.1 Å². The molecule has 1 aromatic carbocycles. The molecule has 1 saturated heterocycles. The number of rotatable bonds is 2. The summed E-state index contributed by atoms with van der Waals surface area (Å²) in [5.74, 6) is -0.761. The second kappa shape index (κ2) is 5.68. The zero-order chi connectivity index (χ0) is 14.9. The molecular formula is C16H23F2NO. The summed E-state index contributed by atoms with van der Waals surface area (Å²) < 4.78 is 33.9. The van der Waals surface area contributed by atoms with Gasteiger partial charge in [0.05, 0.1) is 0 Å². The van der Waals surface area contributed by atoms with Crippen molar-refractivity contribution in [3.8, 4) is 5.75 Å². The van der Waals surface area contributed by atoms with Crippen LogP contribution in [0.5, 0.6) is 5.75 Å². The maximum Gasteiger partial charge on any atom is 0.133 e. The molecule has 4 heteroatoms. The Balaban J connectivity index is 2.14. The molecule has 0 aliphatic carbocycles. The summed E-state index contributed by atoms with van der Waals surface area (Å²) in [6.07, 6.45) is 1.83. The van der Waals surface area contributed by atoms with Crippen LogP contribution in [0.25, 0.3) is 0 Å². The summed E-state index contributed by atoms with van der Waals surface area (Å²) in [5.41, 5.74) is -0.437. The van der Waals surface area contributed by atoms with Crippen LogP contribution in [-0.4, -0.2) is 31.1 Å². The number of benzene rings is 1. The number of piperidine rings is 1. The van der Waals surface area contributed by atoms with Gasteiger partial charge in [0.1, 0.15) is 23.5 Å². The van der Waals surface area contributed by atoms with Gasteiger partial charge in [0.25, 0.3) is 0 Å². The highest BCUT2D eigenvalue weighted by Crippen LogP contribution is 2.31. The van der Waals surface area contributed by atoms with Crippen molar-refractivity contribution < 1.29 is 13.5 Å². The summed E-state index contributed by atoms with van der Waals surface area (Å²) in [5, 5.41) is 0. The van der Waals surface area contributed by atoms with Crippen LogP contribution in [-0.2, 0) is 5.41 Å². The number of hydrogen-bond acceptors (Lipinski definition) is 2. The molecule has 0 radical (unpaired) electrons. The summed E-state index contributed by atoms with van der Waals surface area (Å²) in [4.78, 5) is 2.23. The molecule has 0 bridgehead atoms. The Morgan fingerprint density at radius 3 is 2.05 bits per heavy atom. The lowest BCUT2D eigenvalue weighted by Gasteiger charge is -2.29. The van der Waals surface area contributed by atoms with Gasteiger partial charge in [-0.15, -0.1) is 0 Å². The van der Waals surface area contributed by atoms with Gasteiger partial charge in [-0.3, -0.25) is 0 Å². The fourth-order valence-corrected chi connectivity index (χ4v) is 2.63. The molecule has 1 aromatic rings. The van der Waals surface area contributed by atoms with Gasteiger partial charge in [0, 0.05) is 30.8 Å². The molecule has 112 valence electrons. The number of ether oxygens (including phenoxy) is 1. The Bertz CT molecular complexity index is 451. The number of halogens is 2. The lowest BCUT2D eigenvalue weighted by atomic mass is 9.86. The Labute approximate surface area is 119 Å². The minimum Gasteiger partial charge on any atom is -0.490 e. The zero-order valence-corrected chi connectivity index (χ0v) is 12.7. The third kappa shape index (κ3) is 3.48. The summed E-state index contributed by atoms with van der Waals surface area (Å²) in [6.45, 7) is 7.30. The van der Waals surface area contributed by atoms with E-state index in [4.69, 9.17) is 4.74 Å². The molecule has 2 nitrogen and oxygen atoms in total. The van der Waals surface area contributed by atoms with E-state index in [0.717, 1.165) is 25.9 Å². The monoisotopic (exact) mass is 283 g/mol. The van der Waals surface area contributed by atoms with Gasteiger partial charge in [-0.1, -0.05) is 20.8 Å². The Morgan fingerprint density at radius 2 is 1.60 bits per heavy atom. The molecule has 0 saturated carbocycles. The lowest BCUT2D eigenvalue weighted by Crippen LogP contribution is -2.35. The maximum atomic E-state index is 14.1. The van der Waals surface area contributed by atoms with E-state index < -0.39 is 17.0 Å². The fourth-order valence-electron chi connectivity index (χ4n) is 2.63. The quantitative estimate of drug-likeness (QED) is 0.820. The van der Waals surface area contributed by atoms with Crippen LogP contribution in [0.1, 0.15) is 39.2 Å². The van der Waals surface area contributed by atoms with Crippen molar-refractivity contribution in [2.24, 2.45) is 0 Å². The molecule has 1 aliphatic heterocycles. The third-order valence-corrected chi connectivity index (χ3v) is 3.73. The molecule has 0 unspecified atom stereocenters. The van der Waals surface area contributed by atoms with E-state index in [0.29, 0.717) is 5.75 Å². The first kappa shape index (κ1) is 15.2. The lowest BCUT2D eigenvalue weighted by molar-refractivity contribution is 0.113. The average Bonchev–Trinajstić information content (AvgIpc) is 2.29. The second-order valence-electron chi connectivity index (χ2n) is 6.63.